The first-order valence-corrected chi connectivity index (χ1v) is 3.92. The Morgan fingerprint density at radius 1 is 1.45 bits per heavy atom. The molecule has 1 aliphatic carbocycles. The van der Waals surface area contributed by atoms with Crippen molar-refractivity contribution in [3.8, 4) is 0 Å². The summed E-state index contributed by atoms with van der Waals surface area (Å²) in [5.41, 5.74) is 1.21. The van der Waals surface area contributed by atoms with Crippen molar-refractivity contribution in [2.75, 3.05) is 0 Å². The number of carboxylic acids is 1. The van der Waals surface area contributed by atoms with Crippen molar-refractivity contribution in [2.24, 2.45) is 17.8 Å². The Hall–Kier alpha value is -0.790. The van der Waals surface area contributed by atoms with Gasteiger partial charge in [-0.2, -0.15) is 0 Å². The predicted octanol–water partition coefficient (Wildman–Crippen LogP) is 1.92. The Balaban J connectivity index is 2.55. The number of allylic oxidation sites excluding steroid dienone is 2. The van der Waals surface area contributed by atoms with E-state index in [0.29, 0.717) is 5.92 Å². The van der Waals surface area contributed by atoms with Gasteiger partial charge in [-0.3, -0.25) is 4.79 Å². The summed E-state index contributed by atoms with van der Waals surface area (Å²) in [6.07, 6.45) is 2.06. The van der Waals surface area contributed by atoms with Crippen LogP contribution >= 0.6 is 0 Å². The molecule has 1 aliphatic rings. The first-order valence-electron chi connectivity index (χ1n) is 3.92. The summed E-state index contributed by atoms with van der Waals surface area (Å²) in [5, 5.41) is 8.68. The lowest BCUT2D eigenvalue weighted by atomic mass is 10.2. The number of hydrogen-bond acceptors (Lipinski definition) is 1. The summed E-state index contributed by atoms with van der Waals surface area (Å²) in [7, 11) is 0. The summed E-state index contributed by atoms with van der Waals surface area (Å²) < 4.78 is 0. The molecule has 0 aromatic carbocycles. The second-order valence-corrected chi connectivity index (χ2v) is 3.54. The fourth-order valence-corrected chi connectivity index (χ4v) is 1.52. The van der Waals surface area contributed by atoms with E-state index in [1.54, 1.807) is 0 Å². The van der Waals surface area contributed by atoms with E-state index < -0.39 is 5.97 Å². The van der Waals surface area contributed by atoms with Crippen LogP contribution in [0.25, 0.3) is 0 Å². The third-order valence-corrected chi connectivity index (χ3v) is 2.26. The van der Waals surface area contributed by atoms with Crippen molar-refractivity contribution in [3.63, 3.8) is 0 Å². The SMILES string of the molecule is CC(C)=C[C@H]1C(C)[C@@H]1C(=O)O. The molecule has 2 nitrogen and oxygen atoms in total. The molecule has 0 aliphatic heterocycles. The van der Waals surface area contributed by atoms with E-state index >= 15 is 0 Å². The minimum Gasteiger partial charge on any atom is -0.481 e. The quantitative estimate of drug-likeness (QED) is 0.617. The molecule has 1 N–H and O–H groups in total. The fraction of sp³-hybridized carbons (Fsp3) is 0.667. The Morgan fingerprint density at radius 2 is 2.00 bits per heavy atom. The second-order valence-electron chi connectivity index (χ2n) is 3.54. The van der Waals surface area contributed by atoms with Crippen molar-refractivity contribution in [1.82, 2.24) is 0 Å². The Kier molecular flexibility index (Phi) is 2.03. The molecular weight excluding hydrogens is 140 g/mol. The van der Waals surface area contributed by atoms with Crippen LogP contribution in [0.1, 0.15) is 20.8 Å². The molecule has 1 saturated carbocycles. The van der Waals surface area contributed by atoms with Crippen LogP contribution in [-0.2, 0) is 4.79 Å². The summed E-state index contributed by atoms with van der Waals surface area (Å²) in [6, 6.07) is 0. The third kappa shape index (κ3) is 1.62. The van der Waals surface area contributed by atoms with Crippen molar-refractivity contribution in [1.29, 1.82) is 0 Å². The maximum atomic E-state index is 10.5. The molecule has 2 heteroatoms. The molecule has 3 atom stereocenters. The zero-order valence-electron chi connectivity index (χ0n) is 7.16. The van der Waals surface area contributed by atoms with Gasteiger partial charge in [-0.05, 0) is 25.7 Å². The molecule has 0 bridgehead atoms. The molecule has 62 valence electrons. The second kappa shape index (κ2) is 2.68. The summed E-state index contributed by atoms with van der Waals surface area (Å²) in [5.74, 6) is -0.148. The normalized spacial score (nSPS) is 34.6. The van der Waals surface area contributed by atoms with Gasteiger partial charge in [0.1, 0.15) is 0 Å². The first-order chi connectivity index (χ1) is 5.04. The molecule has 1 fully saturated rings. The van der Waals surface area contributed by atoms with E-state index in [-0.39, 0.29) is 11.8 Å². The van der Waals surface area contributed by atoms with E-state index in [4.69, 9.17) is 5.11 Å². The van der Waals surface area contributed by atoms with Gasteiger partial charge >= 0.3 is 5.97 Å². The van der Waals surface area contributed by atoms with Gasteiger partial charge in [0.05, 0.1) is 5.92 Å². The van der Waals surface area contributed by atoms with Crippen LogP contribution < -0.4 is 0 Å². The fourth-order valence-electron chi connectivity index (χ4n) is 1.52. The lowest BCUT2D eigenvalue weighted by Gasteiger charge is -1.87. The monoisotopic (exact) mass is 154 g/mol. The lowest BCUT2D eigenvalue weighted by molar-refractivity contribution is -0.139. The van der Waals surface area contributed by atoms with Gasteiger partial charge in [0.15, 0.2) is 0 Å². The maximum Gasteiger partial charge on any atom is 0.307 e. The number of carbonyl (C=O) groups is 1. The average molecular weight is 154 g/mol. The number of rotatable bonds is 2. The number of hydrogen-bond donors (Lipinski definition) is 1. The van der Waals surface area contributed by atoms with Gasteiger partial charge in [0.2, 0.25) is 0 Å². The van der Waals surface area contributed by atoms with Crippen LogP contribution in [0.5, 0.6) is 0 Å². The van der Waals surface area contributed by atoms with Crippen LogP contribution in [0.2, 0.25) is 0 Å². The third-order valence-electron chi connectivity index (χ3n) is 2.26. The van der Waals surface area contributed by atoms with E-state index in [2.05, 4.69) is 6.08 Å². The van der Waals surface area contributed by atoms with Gasteiger partial charge in [-0.25, -0.2) is 0 Å². The molecule has 0 saturated heterocycles. The maximum absolute atomic E-state index is 10.5. The largest absolute Gasteiger partial charge is 0.481 e. The predicted molar refractivity (Wildman–Crippen MR) is 43.2 cm³/mol. The van der Waals surface area contributed by atoms with Gasteiger partial charge in [0, 0.05) is 0 Å². The smallest absolute Gasteiger partial charge is 0.307 e. The lowest BCUT2D eigenvalue weighted by Crippen LogP contribution is -1.99. The van der Waals surface area contributed by atoms with Crippen LogP contribution in [0.15, 0.2) is 11.6 Å². The Bertz CT molecular complexity index is 202. The number of carboxylic acid groups (broad SMARTS) is 1. The zero-order valence-corrected chi connectivity index (χ0v) is 7.16. The molecular formula is C9H14O2. The van der Waals surface area contributed by atoms with Gasteiger partial charge in [-0.1, -0.05) is 18.6 Å². The summed E-state index contributed by atoms with van der Waals surface area (Å²) >= 11 is 0. The summed E-state index contributed by atoms with van der Waals surface area (Å²) in [6.45, 7) is 6.00. The molecule has 0 aromatic rings. The average Bonchev–Trinajstić information content (AvgIpc) is 2.40. The van der Waals surface area contributed by atoms with Crippen LogP contribution in [-0.4, -0.2) is 11.1 Å². The highest BCUT2D eigenvalue weighted by atomic mass is 16.4. The molecule has 0 spiro atoms. The Labute approximate surface area is 66.9 Å². The highest BCUT2D eigenvalue weighted by Crippen LogP contribution is 2.47. The minimum absolute atomic E-state index is 0.120. The summed E-state index contributed by atoms with van der Waals surface area (Å²) in [4.78, 5) is 10.5. The molecule has 1 rings (SSSR count). The molecule has 1 unspecified atom stereocenters. The van der Waals surface area contributed by atoms with E-state index in [1.165, 1.54) is 5.57 Å². The van der Waals surface area contributed by atoms with E-state index in [0.717, 1.165) is 0 Å². The van der Waals surface area contributed by atoms with E-state index in [9.17, 15) is 4.79 Å². The highest BCUT2D eigenvalue weighted by molar-refractivity contribution is 5.74. The standard InChI is InChI=1S/C9H14O2/c1-5(2)4-7-6(3)8(7)9(10)11/h4,6-8H,1-3H3,(H,10,11)/t6?,7-,8-/m0/s1. The minimum atomic E-state index is -0.653. The molecule has 0 heterocycles. The highest BCUT2D eigenvalue weighted by Gasteiger charge is 2.50. The van der Waals surface area contributed by atoms with Crippen molar-refractivity contribution < 1.29 is 9.90 Å². The van der Waals surface area contributed by atoms with Gasteiger partial charge in [0.25, 0.3) is 0 Å². The molecule has 0 aromatic heterocycles. The molecule has 0 amide bonds. The zero-order chi connectivity index (χ0) is 8.59. The van der Waals surface area contributed by atoms with E-state index in [1.807, 2.05) is 20.8 Å². The van der Waals surface area contributed by atoms with Crippen LogP contribution in [0.3, 0.4) is 0 Å². The van der Waals surface area contributed by atoms with Crippen LogP contribution in [0.4, 0.5) is 0 Å². The Morgan fingerprint density at radius 3 is 2.27 bits per heavy atom. The van der Waals surface area contributed by atoms with Gasteiger partial charge in [-0.15, -0.1) is 0 Å². The van der Waals surface area contributed by atoms with Crippen LogP contribution in [0, 0.1) is 17.8 Å². The number of aliphatic carboxylic acids is 1. The topological polar surface area (TPSA) is 37.3 Å². The first kappa shape index (κ1) is 8.31. The van der Waals surface area contributed by atoms with Crippen molar-refractivity contribution in [3.05, 3.63) is 11.6 Å². The van der Waals surface area contributed by atoms with Crippen molar-refractivity contribution >= 4 is 5.97 Å². The van der Waals surface area contributed by atoms with Gasteiger partial charge < -0.3 is 5.11 Å². The molecule has 0 radical (unpaired) electrons. The molecule has 11 heavy (non-hydrogen) atoms. The van der Waals surface area contributed by atoms with Crippen molar-refractivity contribution in [2.45, 2.75) is 20.8 Å².